The molecule has 7 nitrogen and oxygen atoms in total. The first-order chi connectivity index (χ1) is 16.5. The quantitative estimate of drug-likeness (QED) is 0.472. The number of nitrogens with one attached hydrogen (secondary N) is 2. The molecule has 2 N–H and O–H groups in total. The maximum absolute atomic E-state index is 13.4. The van der Waals surface area contributed by atoms with Gasteiger partial charge in [-0.2, -0.15) is 0 Å². The lowest BCUT2D eigenvalue weighted by Crippen LogP contribution is -2.39. The maximum Gasteiger partial charge on any atom is 0.276 e. The van der Waals surface area contributed by atoms with Gasteiger partial charge in [-0.05, 0) is 54.4 Å². The molecule has 0 spiro atoms. The molecule has 3 heterocycles. The summed E-state index contributed by atoms with van der Waals surface area (Å²) >= 11 is 0. The van der Waals surface area contributed by atoms with Crippen molar-refractivity contribution in [2.24, 2.45) is 0 Å². The van der Waals surface area contributed by atoms with Crippen LogP contribution in [0.25, 0.3) is 0 Å². The van der Waals surface area contributed by atoms with E-state index in [1.54, 1.807) is 35.4 Å². The molecule has 2 aromatic heterocycles. The fourth-order valence-electron chi connectivity index (χ4n) is 4.26. The Kier molecular flexibility index (Phi) is 5.71. The number of rotatable bonds is 5. The van der Waals surface area contributed by atoms with E-state index in [0.717, 1.165) is 11.1 Å². The number of imidazole rings is 1. The Hall–Kier alpha value is -4.20. The van der Waals surface area contributed by atoms with Gasteiger partial charge in [0, 0.05) is 31.4 Å². The molecule has 34 heavy (non-hydrogen) atoms. The Balaban J connectivity index is 1.48. The van der Waals surface area contributed by atoms with Crippen LogP contribution in [0.15, 0.2) is 66.9 Å². The maximum atomic E-state index is 13.4. The van der Waals surface area contributed by atoms with Crippen molar-refractivity contribution in [3.63, 3.8) is 0 Å². The van der Waals surface area contributed by atoms with E-state index >= 15 is 0 Å². The summed E-state index contributed by atoms with van der Waals surface area (Å²) in [5.41, 5.74) is 4.09. The molecule has 0 bridgehead atoms. The number of hydrogen-bond donors (Lipinski definition) is 2. The molecular formula is C26H24FN5O2. The van der Waals surface area contributed by atoms with Crippen LogP contribution in [-0.2, 0) is 19.5 Å². The fraction of sp³-hybridized carbons (Fsp3) is 0.192. The monoisotopic (exact) mass is 457 g/mol. The average Bonchev–Trinajstić information content (AvgIpc) is 3.49. The van der Waals surface area contributed by atoms with Crippen molar-refractivity contribution in [1.29, 1.82) is 0 Å². The van der Waals surface area contributed by atoms with Crippen LogP contribution in [0.1, 0.15) is 43.6 Å². The van der Waals surface area contributed by atoms with Crippen LogP contribution in [0.5, 0.6) is 0 Å². The van der Waals surface area contributed by atoms with Crippen LogP contribution in [0, 0.1) is 12.7 Å². The number of carbonyl (C=O) groups is 2. The van der Waals surface area contributed by atoms with Crippen LogP contribution < -0.4 is 5.32 Å². The highest BCUT2D eigenvalue weighted by molar-refractivity contribution is 6.04. The Bertz CT molecular complexity index is 1340. The van der Waals surface area contributed by atoms with E-state index in [4.69, 9.17) is 4.98 Å². The number of amides is 2. The predicted octanol–water partition coefficient (Wildman–Crippen LogP) is 4.16. The number of benzene rings is 2. The highest BCUT2D eigenvalue weighted by Crippen LogP contribution is 2.24. The Morgan fingerprint density at radius 1 is 1.09 bits per heavy atom. The summed E-state index contributed by atoms with van der Waals surface area (Å²) in [7, 11) is 0. The number of aromatic amines is 1. The Labute approximate surface area is 196 Å². The number of aryl methyl sites for hydroxylation is 1. The first kappa shape index (κ1) is 21.6. The molecule has 0 fully saturated rings. The van der Waals surface area contributed by atoms with E-state index < -0.39 is 0 Å². The van der Waals surface area contributed by atoms with E-state index in [-0.39, 0.29) is 24.2 Å². The largest absolute Gasteiger partial charge is 0.357 e. The van der Waals surface area contributed by atoms with Crippen molar-refractivity contribution in [3.05, 3.63) is 107 Å². The van der Waals surface area contributed by atoms with Crippen molar-refractivity contribution < 1.29 is 14.0 Å². The van der Waals surface area contributed by atoms with Gasteiger partial charge in [-0.1, -0.05) is 24.3 Å². The zero-order chi connectivity index (χ0) is 23.7. The number of hydrogen-bond acceptors (Lipinski definition) is 3. The number of aromatic nitrogens is 3. The van der Waals surface area contributed by atoms with Crippen molar-refractivity contribution >= 4 is 17.5 Å². The molecular weight excluding hydrogens is 433 g/mol. The van der Waals surface area contributed by atoms with Gasteiger partial charge in [0.05, 0.1) is 12.2 Å². The second kappa shape index (κ2) is 8.97. The number of H-pyrrole nitrogens is 1. The lowest BCUT2D eigenvalue weighted by Gasteiger charge is -2.29. The first-order valence-electron chi connectivity index (χ1n) is 11.1. The van der Waals surface area contributed by atoms with Gasteiger partial charge in [-0.25, -0.2) is 9.37 Å². The van der Waals surface area contributed by atoms with Crippen molar-refractivity contribution in [2.45, 2.75) is 26.4 Å². The molecule has 0 aliphatic carbocycles. The average molecular weight is 458 g/mol. The summed E-state index contributed by atoms with van der Waals surface area (Å²) in [6, 6.07) is 17.3. The van der Waals surface area contributed by atoms with E-state index in [1.165, 1.54) is 12.1 Å². The second-order valence-corrected chi connectivity index (χ2v) is 8.41. The first-order valence-corrected chi connectivity index (χ1v) is 11.1. The van der Waals surface area contributed by atoms with E-state index in [0.29, 0.717) is 48.1 Å². The third kappa shape index (κ3) is 4.34. The van der Waals surface area contributed by atoms with E-state index in [9.17, 15) is 14.0 Å². The van der Waals surface area contributed by atoms with Crippen molar-refractivity contribution in [2.75, 3.05) is 11.9 Å². The number of nitrogens with zero attached hydrogens (tertiary/aromatic N) is 3. The third-order valence-corrected chi connectivity index (χ3v) is 5.97. The summed E-state index contributed by atoms with van der Waals surface area (Å²) in [5, 5.41) is 2.93. The number of fused-ring (bicyclic) bond motifs is 1. The number of anilines is 1. The molecule has 0 atom stereocenters. The molecule has 4 aromatic rings. The SMILES string of the molecule is Cc1cccc(NC(=O)c2nc(Cc3ccc(F)cc3)n3c2CN(C(=O)c2ccc[nH]2)CC3)c1. The lowest BCUT2D eigenvalue weighted by atomic mass is 10.1. The zero-order valence-electron chi connectivity index (χ0n) is 18.7. The van der Waals surface area contributed by atoms with Gasteiger partial charge in [0.1, 0.15) is 17.3 Å². The molecule has 1 aliphatic heterocycles. The van der Waals surface area contributed by atoms with Crippen LogP contribution in [-0.4, -0.2) is 37.8 Å². The summed E-state index contributed by atoms with van der Waals surface area (Å²) in [6.07, 6.45) is 2.17. The Morgan fingerprint density at radius 2 is 1.91 bits per heavy atom. The molecule has 8 heteroatoms. The van der Waals surface area contributed by atoms with Crippen LogP contribution >= 0.6 is 0 Å². The van der Waals surface area contributed by atoms with Crippen molar-refractivity contribution in [3.8, 4) is 0 Å². The fourth-order valence-corrected chi connectivity index (χ4v) is 4.26. The molecule has 0 saturated carbocycles. The van der Waals surface area contributed by atoms with Crippen LogP contribution in [0.2, 0.25) is 0 Å². The van der Waals surface area contributed by atoms with Crippen molar-refractivity contribution in [1.82, 2.24) is 19.4 Å². The molecule has 2 amide bonds. The van der Waals surface area contributed by atoms with Gasteiger partial charge < -0.3 is 19.8 Å². The third-order valence-electron chi connectivity index (χ3n) is 5.97. The molecule has 5 rings (SSSR count). The summed E-state index contributed by atoms with van der Waals surface area (Å²) in [4.78, 5) is 35.6. The standard InChI is InChI=1S/C26H24FN5O2/c1-17-4-2-5-20(14-17)29-25(33)24-22-16-31(26(34)21-6-3-11-28-21)12-13-32(22)23(30-24)15-18-7-9-19(27)10-8-18/h2-11,14,28H,12-13,15-16H2,1H3,(H,29,33). The second-order valence-electron chi connectivity index (χ2n) is 8.41. The van der Waals surface area contributed by atoms with Crippen LogP contribution in [0.4, 0.5) is 10.1 Å². The van der Waals surface area contributed by atoms with E-state index in [1.807, 2.05) is 35.8 Å². The topological polar surface area (TPSA) is 83.0 Å². The normalized spacial score (nSPS) is 12.9. The molecule has 0 saturated heterocycles. The minimum atomic E-state index is -0.325. The minimum absolute atomic E-state index is 0.123. The lowest BCUT2D eigenvalue weighted by molar-refractivity contribution is 0.0702. The predicted molar refractivity (Wildman–Crippen MR) is 126 cm³/mol. The summed E-state index contributed by atoms with van der Waals surface area (Å²) in [5.74, 6) is -0.0370. The molecule has 1 aliphatic rings. The van der Waals surface area contributed by atoms with Gasteiger partial charge in [0.15, 0.2) is 5.69 Å². The summed E-state index contributed by atoms with van der Waals surface area (Å²) in [6.45, 7) is 3.24. The van der Waals surface area contributed by atoms with Gasteiger partial charge in [-0.3, -0.25) is 9.59 Å². The number of carbonyl (C=O) groups excluding carboxylic acids is 2. The Morgan fingerprint density at radius 3 is 2.65 bits per heavy atom. The highest BCUT2D eigenvalue weighted by Gasteiger charge is 2.30. The highest BCUT2D eigenvalue weighted by atomic mass is 19.1. The molecule has 172 valence electrons. The van der Waals surface area contributed by atoms with E-state index in [2.05, 4.69) is 10.3 Å². The molecule has 2 aromatic carbocycles. The smallest absolute Gasteiger partial charge is 0.276 e. The number of halogens is 1. The van der Waals surface area contributed by atoms with Gasteiger partial charge >= 0.3 is 0 Å². The minimum Gasteiger partial charge on any atom is -0.357 e. The van der Waals surface area contributed by atoms with Gasteiger partial charge in [0.2, 0.25) is 0 Å². The molecule has 0 radical (unpaired) electrons. The van der Waals surface area contributed by atoms with Gasteiger partial charge in [-0.15, -0.1) is 0 Å². The van der Waals surface area contributed by atoms with Crippen LogP contribution in [0.3, 0.4) is 0 Å². The zero-order valence-corrected chi connectivity index (χ0v) is 18.7. The summed E-state index contributed by atoms with van der Waals surface area (Å²) < 4.78 is 15.4. The molecule has 0 unspecified atom stereocenters. The van der Waals surface area contributed by atoms with Gasteiger partial charge in [0.25, 0.3) is 11.8 Å².